The highest BCUT2D eigenvalue weighted by molar-refractivity contribution is 6.11. The lowest BCUT2D eigenvalue weighted by Crippen LogP contribution is -2.29. The van der Waals surface area contributed by atoms with Gasteiger partial charge in [0.25, 0.3) is 5.91 Å². The van der Waals surface area contributed by atoms with Crippen molar-refractivity contribution in [1.82, 2.24) is 10.2 Å². The maximum Gasteiger partial charge on any atom is 0.277 e. The Labute approximate surface area is 191 Å². The molecule has 7 nitrogen and oxygen atoms in total. The predicted molar refractivity (Wildman–Crippen MR) is 125 cm³/mol. The molecule has 1 unspecified atom stereocenters. The summed E-state index contributed by atoms with van der Waals surface area (Å²) in [7, 11) is 3.11. The zero-order valence-corrected chi connectivity index (χ0v) is 18.5. The van der Waals surface area contributed by atoms with Gasteiger partial charge in [-0.05, 0) is 48.9 Å². The second kappa shape index (κ2) is 8.02. The monoisotopic (exact) mass is 441 g/mol. The van der Waals surface area contributed by atoms with Crippen LogP contribution in [0.4, 0.5) is 5.69 Å². The average Bonchev–Trinajstić information content (AvgIpc) is 3.39. The molecule has 5 rings (SSSR count). The first-order valence-corrected chi connectivity index (χ1v) is 10.5. The third-order valence-electron chi connectivity index (χ3n) is 5.94. The van der Waals surface area contributed by atoms with Gasteiger partial charge in [0, 0.05) is 16.8 Å². The first-order valence-electron chi connectivity index (χ1n) is 10.5. The molecule has 1 aromatic heterocycles. The lowest BCUT2D eigenvalue weighted by Gasteiger charge is -2.27. The molecule has 1 amide bonds. The number of amides is 1. The largest absolute Gasteiger partial charge is 0.504 e. The van der Waals surface area contributed by atoms with Crippen LogP contribution in [0.15, 0.2) is 66.7 Å². The number of aromatic amines is 1. The number of phenolic OH excluding ortho intramolecular Hbond substituents is 1. The number of fused-ring (bicyclic) bond motifs is 1. The fourth-order valence-electron chi connectivity index (χ4n) is 4.29. The highest BCUT2D eigenvalue weighted by Crippen LogP contribution is 2.46. The number of phenols is 1. The second-order valence-electron chi connectivity index (χ2n) is 7.94. The summed E-state index contributed by atoms with van der Waals surface area (Å²) in [5.74, 6) is 0.899. The van der Waals surface area contributed by atoms with Crippen LogP contribution in [-0.4, -0.2) is 35.4 Å². The normalized spacial score (nSPS) is 14.9. The average molecular weight is 441 g/mol. The molecule has 0 spiro atoms. The van der Waals surface area contributed by atoms with Gasteiger partial charge >= 0.3 is 0 Å². The van der Waals surface area contributed by atoms with Crippen molar-refractivity contribution in [3.8, 4) is 28.5 Å². The highest BCUT2D eigenvalue weighted by atomic mass is 16.5. The van der Waals surface area contributed by atoms with Gasteiger partial charge in [-0.25, -0.2) is 0 Å². The number of methoxy groups -OCH3 is 2. The number of hydrogen-bond donors (Lipinski definition) is 2. The van der Waals surface area contributed by atoms with Crippen LogP contribution in [-0.2, 0) is 0 Å². The number of anilines is 1. The summed E-state index contributed by atoms with van der Waals surface area (Å²) < 4.78 is 10.7. The summed E-state index contributed by atoms with van der Waals surface area (Å²) in [6, 6.07) is 20.1. The van der Waals surface area contributed by atoms with Crippen molar-refractivity contribution in [3.05, 3.63) is 89.1 Å². The number of aryl methyl sites for hydroxylation is 1. The van der Waals surface area contributed by atoms with Gasteiger partial charge in [0.15, 0.2) is 11.5 Å². The number of aromatic hydroxyl groups is 1. The molecule has 0 bridgehead atoms. The molecular formula is C26H23N3O4. The number of hydrogen-bond acceptors (Lipinski definition) is 5. The smallest absolute Gasteiger partial charge is 0.277 e. The van der Waals surface area contributed by atoms with E-state index >= 15 is 0 Å². The summed E-state index contributed by atoms with van der Waals surface area (Å²) >= 11 is 0. The molecule has 3 aromatic carbocycles. The summed E-state index contributed by atoms with van der Waals surface area (Å²) in [6.45, 7) is 2.01. The number of carbonyl (C=O) groups excluding carboxylic acids is 1. The maximum absolute atomic E-state index is 13.6. The van der Waals surface area contributed by atoms with Crippen molar-refractivity contribution in [3.63, 3.8) is 0 Å². The molecule has 0 aliphatic carbocycles. The van der Waals surface area contributed by atoms with Crippen LogP contribution >= 0.6 is 0 Å². The van der Waals surface area contributed by atoms with Crippen LogP contribution in [0.3, 0.4) is 0 Å². The quantitative estimate of drug-likeness (QED) is 0.462. The van der Waals surface area contributed by atoms with Crippen molar-refractivity contribution in [2.24, 2.45) is 0 Å². The highest BCUT2D eigenvalue weighted by Gasteiger charge is 2.43. The zero-order valence-electron chi connectivity index (χ0n) is 18.5. The van der Waals surface area contributed by atoms with E-state index in [0.717, 1.165) is 27.9 Å². The molecule has 0 radical (unpaired) electrons. The van der Waals surface area contributed by atoms with Gasteiger partial charge in [-0.1, -0.05) is 35.9 Å². The number of ether oxygens (including phenoxy) is 2. The van der Waals surface area contributed by atoms with Gasteiger partial charge in [-0.2, -0.15) is 5.10 Å². The van der Waals surface area contributed by atoms with E-state index in [1.807, 2.05) is 55.5 Å². The topological polar surface area (TPSA) is 87.7 Å². The van der Waals surface area contributed by atoms with E-state index in [1.165, 1.54) is 7.11 Å². The molecular weight excluding hydrogens is 418 g/mol. The maximum atomic E-state index is 13.6. The third-order valence-corrected chi connectivity index (χ3v) is 5.94. The van der Waals surface area contributed by atoms with Crippen molar-refractivity contribution >= 4 is 11.6 Å². The molecule has 166 valence electrons. The van der Waals surface area contributed by atoms with Gasteiger partial charge in [-0.15, -0.1) is 0 Å². The molecule has 0 saturated carbocycles. The van der Waals surface area contributed by atoms with Crippen molar-refractivity contribution in [2.45, 2.75) is 13.0 Å². The molecule has 0 saturated heterocycles. The summed E-state index contributed by atoms with van der Waals surface area (Å²) in [6.07, 6.45) is 0. The molecule has 4 aromatic rings. The van der Waals surface area contributed by atoms with E-state index < -0.39 is 6.04 Å². The van der Waals surface area contributed by atoms with E-state index in [-0.39, 0.29) is 11.7 Å². The van der Waals surface area contributed by atoms with Crippen LogP contribution in [0.1, 0.15) is 33.2 Å². The lowest BCUT2D eigenvalue weighted by atomic mass is 9.95. The van der Waals surface area contributed by atoms with Gasteiger partial charge in [0.05, 0.1) is 26.0 Å². The second-order valence-corrected chi connectivity index (χ2v) is 7.94. The van der Waals surface area contributed by atoms with Crippen molar-refractivity contribution < 1.29 is 19.4 Å². The fraction of sp³-hybridized carbons (Fsp3) is 0.154. The van der Waals surface area contributed by atoms with Gasteiger partial charge in [-0.3, -0.25) is 14.8 Å². The van der Waals surface area contributed by atoms with Crippen LogP contribution in [0, 0.1) is 6.92 Å². The molecule has 2 heterocycles. The Morgan fingerprint density at radius 2 is 1.79 bits per heavy atom. The van der Waals surface area contributed by atoms with Crippen LogP contribution in [0.5, 0.6) is 17.2 Å². The van der Waals surface area contributed by atoms with Crippen LogP contribution in [0.2, 0.25) is 0 Å². The van der Waals surface area contributed by atoms with E-state index in [0.29, 0.717) is 22.9 Å². The Bertz CT molecular complexity index is 1340. The van der Waals surface area contributed by atoms with Crippen molar-refractivity contribution in [1.29, 1.82) is 0 Å². The molecule has 2 N–H and O–H groups in total. The number of H-pyrrole nitrogens is 1. The number of nitrogens with one attached hydrogen (secondary N) is 1. The van der Waals surface area contributed by atoms with E-state index in [2.05, 4.69) is 10.2 Å². The molecule has 1 aliphatic rings. The Hall–Kier alpha value is -4.26. The molecule has 33 heavy (non-hydrogen) atoms. The number of benzene rings is 3. The summed E-state index contributed by atoms with van der Waals surface area (Å²) in [4.78, 5) is 15.4. The fourth-order valence-corrected chi connectivity index (χ4v) is 4.29. The van der Waals surface area contributed by atoms with Crippen molar-refractivity contribution in [2.75, 3.05) is 19.1 Å². The first-order chi connectivity index (χ1) is 16.0. The minimum Gasteiger partial charge on any atom is -0.504 e. The molecule has 1 aliphatic heterocycles. The van der Waals surface area contributed by atoms with E-state index in [9.17, 15) is 9.90 Å². The Morgan fingerprint density at radius 1 is 1.00 bits per heavy atom. The minimum atomic E-state index is -0.468. The molecule has 7 heteroatoms. The third kappa shape index (κ3) is 3.38. The lowest BCUT2D eigenvalue weighted by molar-refractivity contribution is 0.0988. The zero-order chi connectivity index (χ0) is 23.1. The Balaban J connectivity index is 1.73. The predicted octanol–water partition coefficient (Wildman–Crippen LogP) is 4.86. The first kappa shape index (κ1) is 20.6. The summed E-state index contributed by atoms with van der Waals surface area (Å²) in [5.41, 5.74) is 5.37. The van der Waals surface area contributed by atoms with E-state index in [4.69, 9.17) is 9.47 Å². The summed E-state index contributed by atoms with van der Waals surface area (Å²) in [5, 5.41) is 17.6. The standard InChI is InChI=1S/C26H23N3O4/c1-15-7-10-18(11-8-15)29-25(17-9-12-20(30)21(14-17)33-3)22-23(27-28-24(22)26(29)31)16-5-4-6-19(13-16)32-2/h4-14,25,30H,1-3H3,(H,27,28). The minimum absolute atomic E-state index is 0.0351. The van der Waals surface area contributed by atoms with Gasteiger partial charge < -0.3 is 14.6 Å². The SMILES string of the molecule is COc1cccc(-c2n[nH]c3c2C(c2ccc(O)c(OC)c2)N(c2ccc(C)cc2)C3=O)c1. The van der Waals surface area contributed by atoms with Crippen LogP contribution < -0.4 is 14.4 Å². The number of carbonyl (C=O) groups is 1. The van der Waals surface area contributed by atoms with Gasteiger partial charge in [0.2, 0.25) is 0 Å². The van der Waals surface area contributed by atoms with Gasteiger partial charge in [0.1, 0.15) is 11.4 Å². The molecule has 1 atom stereocenters. The Morgan fingerprint density at radius 3 is 2.52 bits per heavy atom. The Kier molecular flexibility index (Phi) is 5.01. The number of rotatable bonds is 5. The number of nitrogens with zero attached hydrogens (tertiary/aromatic N) is 2. The molecule has 0 fully saturated rings. The number of aromatic nitrogens is 2. The van der Waals surface area contributed by atoms with Crippen LogP contribution in [0.25, 0.3) is 11.3 Å². The van der Waals surface area contributed by atoms with E-state index in [1.54, 1.807) is 30.2 Å².